The summed E-state index contributed by atoms with van der Waals surface area (Å²) in [4.78, 5) is 25.2. The Labute approximate surface area is 223 Å². The van der Waals surface area contributed by atoms with Gasteiger partial charge < -0.3 is 15.5 Å². The van der Waals surface area contributed by atoms with Crippen LogP contribution in [0.5, 0.6) is 0 Å². The molecule has 0 radical (unpaired) electrons. The summed E-state index contributed by atoms with van der Waals surface area (Å²) in [5.41, 5.74) is 2.44. The second-order valence-electron chi connectivity index (χ2n) is 8.72. The molecule has 0 saturated heterocycles. The lowest BCUT2D eigenvalue weighted by atomic mass is 9.94. The van der Waals surface area contributed by atoms with Crippen LogP contribution in [0.4, 0.5) is 27.8 Å². The number of aliphatic carboxylic acids is 2. The van der Waals surface area contributed by atoms with E-state index in [-0.39, 0.29) is 12.0 Å². The maximum absolute atomic E-state index is 13.5. The molecule has 3 aromatic rings. The van der Waals surface area contributed by atoms with E-state index in [4.69, 9.17) is 14.9 Å². The molecule has 0 saturated carbocycles. The molecule has 14 heteroatoms. The Morgan fingerprint density at radius 2 is 1.64 bits per heavy atom. The molecular weight excluding hydrogens is 547 g/mol. The maximum atomic E-state index is 13.5. The van der Waals surface area contributed by atoms with Crippen LogP contribution in [0.1, 0.15) is 52.0 Å². The van der Waals surface area contributed by atoms with E-state index in [1.54, 1.807) is 0 Å². The lowest BCUT2D eigenvalue weighted by Gasteiger charge is -2.17. The van der Waals surface area contributed by atoms with E-state index < -0.39 is 35.7 Å². The Balaban J connectivity index is 0.000000532. The molecule has 210 valence electrons. The number of benzene rings is 1. The number of nitrogens with zero attached hydrogens (tertiary/aromatic N) is 3. The molecule has 0 spiro atoms. The predicted molar refractivity (Wildman–Crippen MR) is 132 cm³/mol. The summed E-state index contributed by atoms with van der Waals surface area (Å²) in [5, 5.41) is 30.0. The third-order valence-corrected chi connectivity index (χ3v) is 6.80. The molecule has 8 nitrogen and oxygen atoms in total. The van der Waals surface area contributed by atoms with Gasteiger partial charge in [-0.05, 0) is 61.4 Å². The summed E-state index contributed by atoms with van der Waals surface area (Å²) in [7, 11) is 0. The molecule has 1 aromatic carbocycles. The Morgan fingerprint density at radius 3 is 2.26 bits per heavy atom. The first-order chi connectivity index (χ1) is 18.4. The summed E-state index contributed by atoms with van der Waals surface area (Å²) in [6, 6.07) is 7.10. The number of carboxylic acid groups (broad SMARTS) is 2. The highest BCUT2D eigenvalue weighted by Gasteiger charge is 2.38. The number of aryl methyl sites for hydroxylation is 4. The van der Waals surface area contributed by atoms with Gasteiger partial charge in [0.1, 0.15) is 27.5 Å². The van der Waals surface area contributed by atoms with Crippen molar-refractivity contribution in [3.8, 4) is 0 Å². The van der Waals surface area contributed by atoms with Crippen molar-refractivity contribution in [3.63, 3.8) is 0 Å². The number of aromatic nitrogens is 3. The van der Waals surface area contributed by atoms with Gasteiger partial charge in [0.2, 0.25) is 0 Å². The van der Waals surface area contributed by atoms with Crippen molar-refractivity contribution in [3.05, 3.63) is 68.8 Å². The van der Waals surface area contributed by atoms with E-state index in [1.807, 2.05) is 0 Å². The van der Waals surface area contributed by atoms with Crippen molar-refractivity contribution in [2.45, 2.75) is 57.0 Å². The van der Waals surface area contributed by atoms with Crippen molar-refractivity contribution in [1.82, 2.24) is 15.2 Å². The summed E-state index contributed by atoms with van der Waals surface area (Å²) < 4.78 is 58.7. The smallest absolute Gasteiger partial charge is 0.481 e. The Bertz CT molecular complexity index is 1280. The van der Waals surface area contributed by atoms with Gasteiger partial charge in [-0.15, -0.1) is 21.5 Å². The van der Waals surface area contributed by atoms with Crippen LogP contribution in [0.25, 0.3) is 0 Å². The number of nitrogens with one attached hydrogen (secondary N) is 1. The quantitative estimate of drug-likeness (QED) is 0.300. The number of alkyl halides is 3. The number of hydrogen-bond donors (Lipinski definition) is 3. The zero-order valence-electron chi connectivity index (χ0n) is 20.5. The molecule has 0 amide bonds. The number of carboxylic acids is 2. The fourth-order valence-electron chi connectivity index (χ4n) is 3.90. The fourth-order valence-corrected chi connectivity index (χ4v) is 4.80. The number of halogens is 5. The van der Waals surface area contributed by atoms with Crippen LogP contribution < -0.4 is 5.32 Å². The molecule has 39 heavy (non-hydrogen) atoms. The molecule has 1 unspecified atom stereocenters. The number of fused-ring (bicyclic) bond motifs is 1. The third kappa shape index (κ3) is 9.23. The first-order valence-electron chi connectivity index (χ1n) is 11.9. The van der Waals surface area contributed by atoms with Crippen LogP contribution in [0.15, 0.2) is 30.3 Å². The fraction of sp³-hybridized carbons (Fsp3) is 0.400. The van der Waals surface area contributed by atoms with Gasteiger partial charge in [-0.2, -0.15) is 13.2 Å². The molecule has 0 fully saturated rings. The van der Waals surface area contributed by atoms with E-state index in [0.717, 1.165) is 78.4 Å². The van der Waals surface area contributed by atoms with Crippen molar-refractivity contribution >= 4 is 29.1 Å². The minimum atomic E-state index is -5.08. The lowest BCUT2D eigenvalue weighted by molar-refractivity contribution is -0.192. The van der Waals surface area contributed by atoms with Gasteiger partial charge in [-0.3, -0.25) is 4.79 Å². The SMILES string of the molecule is O=C(O)C(CCc1nnc(CCCc2ccc3c(n2)NCCC3)s1)c1cc(F)cc(F)c1.O=C(O)C(F)(F)F. The second-order valence-corrected chi connectivity index (χ2v) is 9.87. The van der Waals surface area contributed by atoms with Gasteiger partial charge in [0, 0.05) is 31.1 Å². The number of carbonyl (C=O) groups is 2. The van der Waals surface area contributed by atoms with Gasteiger partial charge >= 0.3 is 18.1 Å². The van der Waals surface area contributed by atoms with Gasteiger partial charge in [-0.25, -0.2) is 18.6 Å². The lowest BCUT2D eigenvalue weighted by Crippen LogP contribution is -2.21. The summed E-state index contributed by atoms with van der Waals surface area (Å²) >= 11 is 1.45. The van der Waals surface area contributed by atoms with E-state index in [9.17, 15) is 31.9 Å². The molecule has 1 atom stereocenters. The Hall–Kier alpha value is -3.68. The maximum Gasteiger partial charge on any atom is 0.490 e. The van der Waals surface area contributed by atoms with Crippen LogP contribution in [0.3, 0.4) is 0 Å². The molecule has 1 aliphatic heterocycles. The van der Waals surface area contributed by atoms with Gasteiger partial charge in [0.15, 0.2) is 0 Å². The van der Waals surface area contributed by atoms with Gasteiger partial charge in [0.05, 0.1) is 5.92 Å². The van der Waals surface area contributed by atoms with E-state index >= 15 is 0 Å². The van der Waals surface area contributed by atoms with Crippen LogP contribution in [-0.2, 0) is 35.3 Å². The molecular formula is C25H25F5N4O4S. The molecule has 0 bridgehead atoms. The van der Waals surface area contributed by atoms with Crippen molar-refractivity contribution in [2.24, 2.45) is 0 Å². The normalized spacial score (nSPS) is 13.5. The average molecular weight is 573 g/mol. The number of rotatable bonds is 9. The summed E-state index contributed by atoms with van der Waals surface area (Å²) in [5.74, 6) is -5.45. The summed E-state index contributed by atoms with van der Waals surface area (Å²) in [6.45, 7) is 0.966. The topological polar surface area (TPSA) is 125 Å². The molecule has 3 N–H and O–H groups in total. The molecule has 0 aliphatic carbocycles. The molecule has 3 heterocycles. The van der Waals surface area contributed by atoms with E-state index in [2.05, 4.69) is 27.6 Å². The largest absolute Gasteiger partial charge is 0.490 e. The highest BCUT2D eigenvalue weighted by Crippen LogP contribution is 2.26. The first-order valence-corrected chi connectivity index (χ1v) is 12.8. The van der Waals surface area contributed by atoms with Crippen molar-refractivity contribution < 1.29 is 41.8 Å². The van der Waals surface area contributed by atoms with Gasteiger partial charge in [-0.1, -0.05) is 6.07 Å². The van der Waals surface area contributed by atoms with E-state index in [0.29, 0.717) is 6.42 Å². The minimum absolute atomic E-state index is 0.117. The van der Waals surface area contributed by atoms with E-state index in [1.165, 1.54) is 16.9 Å². The third-order valence-electron chi connectivity index (χ3n) is 5.76. The van der Waals surface area contributed by atoms with Crippen LogP contribution in [-0.4, -0.2) is 50.1 Å². The van der Waals surface area contributed by atoms with Crippen LogP contribution in [0.2, 0.25) is 0 Å². The zero-order valence-corrected chi connectivity index (χ0v) is 21.3. The number of hydrogen-bond acceptors (Lipinski definition) is 7. The van der Waals surface area contributed by atoms with Crippen molar-refractivity contribution in [2.75, 3.05) is 11.9 Å². The average Bonchev–Trinajstić information content (AvgIpc) is 3.31. The zero-order chi connectivity index (χ0) is 28.6. The first kappa shape index (κ1) is 29.9. The standard InChI is InChI=1S/C23H24F2N4O2S.C2HF3O2/c24-16-11-15(12-17(25)13-16)19(23(30)31)8-9-21-29-28-20(32-21)5-1-4-18-7-6-14-3-2-10-26-22(14)27-18;3-2(4,5)1(6)7/h6-7,11-13,19H,1-5,8-10H2,(H,26,27)(H,30,31);(H,6,7). The number of anilines is 1. The van der Waals surface area contributed by atoms with Crippen LogP contribution >= 0.6 is 11.3 Å². The molecule has 2 aromatic heterocycles. The monoisotopic (exact) mass is 572 g/mol. The molecule has 1 aliphatic rings. The predicted octanol–water partition coefficient (Wildman–Crippen LogP) is 5.18. The van der Waals surface area contributed by atoms with Crippen LogP contribution in [0, 0.1) is 11.6 Å². The van der Waals surface area contributed by atoms with Crippen molar-refractivity contribution in [1.29, 1.82) is 0 Å². The molecule has 4 rings (SSSR count). The minimum Gasteiger partial charge on any atom is -0.481 e. The highest BCUT2D eigenvalue weighted by molar-refractivity contribution is 7.11. The Morgan fingerprint density at radius 1 is 1.00 bits per heavy atom. The second kappa shape index (κ2) is 13.4. The van der Waals surface area contributed by atoms with Gasteiger partial charge in [0.25, 0.3) is 0 Å². The Kier molecular flexibility index (Phi) is 10.3. The summed E-state index contributed by atoms with van der Waals surface area (Å²) in [6.07, 6.45) is 0.196. The number of pyridine rings is 1. The highest BCUT2D eigenvalue weighted by atomic mass is 32.1.